The zero-order valence-corrected chi connectivity index (χ0v) is 16.7. The fraction of sp³-hybridized carbons (Fsp3) is 0.167. The summed E-state index contributed by atoms with van der Waals surface area (Å²) >= 11 is 6.43. The molecule has 0 saturated carbocycles. The molecule has 1 N–H and O–H groups in total. The second kappa shape index (κ2) is 7.30. The molecule has 1 atom stereocenters. The summed E-state index contributed by atoms with van der Waals surface area (Å²) in [7, 11) is 0. The van der Waals surface area contributed by atoms with Crippen molar-refractivity contribution in [3.8, 4) is 10.6 Å². The molecular weight excluding hydrogens is 434 g/mol. The molecule has 0 radical (unpaired) electrons. The second-order valence-corrected chi connectivity index (χ2v) is 8.35. The van der Waals surface area contributed by atoms with Crippen LogP contribution in [0.1, 0.15) is 22.1 Å². The Bertz CT molecular complexity index is 938. The third kappa shape index (κ3) is 3.32. The van der Waals surface area contributed by atoms with Gasteiger partial charge in [-0.05, 0) is 29.1 Å². The van der Waals surface area contributed by atoms with Gasteiger partial charge >= 0.3 is 0 Å². The van der Waals surface area contributed by atoms with Crippen LogP contribution in [0.2, 0.25) is 0 Å². The summed E-state index contributed by atoms with van der Waals surface area (Å²) in [4.78, 5) is 31.6. The van der Waals surface area contributed by atoms with Crippen LogP contribution >= 0.6 is 38.6 Å². The lowest BCUT2D eigenvalue weighted by molar-refractivity contribution is -0.128. The highest BCUT2D eigenvalue weighted by Gasteiger charge is 2.35. The summed E-state index contributed by atoms with van der Waals surface area (Å²) in [5.41, 5.74) is 2.18. The number of hydrogen-bond donors (Lipinski definition) is 1. The molecule has 1 aliphatic rings. The van der Waals surface area contributed by atoms with Crippen molar-refractivity contribution in [2.45, 2.75) is 6.04 Å². The number of rotatable bonds is 3. The maximum atomic E-state index is 13.1. The van der Waals surface area contributed by atoms with Gasteiger partial charge in [-0.1, -0.05) is 28.1 Å². The summed E-state index contributed by atoms with van der Waals surface area (Å²) in [6.45, 7) is 0.899. The van der Waals surface area contributed by atoms with Gasteiger partial charge in [-0.2, -0.15) is 11.3 Å². The molecular formula is C18H14BrN3O2S2. The van der Waals surface area contributed by atoms with E-state index >= 15 is 0 Å². The topological polar surface area (TPSA) is 62.3 Å². The van der Waals surface area contributed by atoms with Gasteiger partial charge in [0.05, 0.1) is 0 Å². The van der Waals surface area contributed by atoms with Crippen LogP contribution in [-0.2, 0) is 4.79 Å². The van der Waals surface area contributed by atoms with Crippen LogP contribution in [0.15, 0.2) is 50.9 Å². The highest BCUT2D eigenvalue weighted by molar-refractivity contribution is 9.10. The maximum absolute atomic E-state index is 13.1. The van der Waals surface area contributed by atoms with Crippen molar-refractivity contribution in [1.82, 2.24) is 15.2 Å². The number of benzene rings is 1. The van der Waals surface area contributed by atoms with E-state index in [1.54, 1.807) is 21.6 Å². The minimum Gasteiger partial charge on any atom is -0.352 e. The quantitative estimate of drug-likeness (QED) is 0.660. The number of carbonyl (C=O) groups excluding carboxylic acids is 2. The SMILES string of the molecule is O=C1NCCN(C(=O)c2csc(-c3ccsc3)n2)C1c1ccc(Br)cc1. The van der Waals surface area contributed by atoms with Crippen LogP contribution in [0.3, 0.4) is 0 Å². The summed E-state index contributed by atoms with van der Waals surface area (Å²) in [5.74, 6) is -0.384. The van der Waals surface area contributed by atoms with E-state index in [9.17, 15) is 9.59 Å². The van der Waals surface area contributed by atoms with Crippen LogP contribution in [0.4, 0.5) is 0 Å². The predicted molar refractivity (Wildman–Crippen MR) is 106 cm³/mol. The third-order valence-corrected chi connectivity index (χ3v) is 6.25. The second-order valence-electron chi connectivity index (χ2n) is 5.79. The molecule has 8 heteroatoms. The van der Waals surface area contributed by atoms with E-state index in [1.807, 2.05) is 41.1 Å². The van der Waals surface area contributed by atoms with Gasteiger partial charge in [0, 0.05) is 33.9 Å². The smallest absolute Gasteiger partial charge is 0.274 e. The van der Waals surface area contributed by atoms with Crippen molar-refractivity contribution in [2.75, 3.05) is 13.1 Å². The molecule has 26 heavy (non-hydrogen) atoms. The highest BCUT2D eigenvalue weighted by Crippen LogP contribution is 2.29. The van der Waals surface area contributed by atoms with E-state index in [0.29, 0.717) is 18.8 Å². The molecule has 1 aliphatic heterocycles. The van der Waals surface area contributed by atoms with Crippen LogP contribution in [0, 0.1) is 0 Å². The fourth-order valence-electron chi connectivity index (χ4n) is 2.90. The molecule has 2 aromatic heterocycles. The zero-order valence-electron chi connectivity index (χ0n) is 13.5. The molecule has 3 aromatic rings. The lowest BCUT2D eigenvalue weighted by Gasteiger charge is -2.34. The monoisotopic (exact) mass is 447 g/mol. The molecule has 132 valence electrons. The Morgan fingerprint density at radius 3 is 2.77 bits per heavy atom. The Morgan fingerprint density at radius 2 is 2.04 bits per heavy atom. The number of thiophene rings is 1. The molecule has 1 unspecified atom stereocenters. The Balaban J connectivity index is 1.64. The van der Waals surface area contributed by atoms with Crippen LogP contribution in [0.5, 0.6) is 0 Å². The first-order valence-corrected chi connectivity index (χ1v) is 10.6. The van der Waals surface area contributed by atoms with Crippen molar-refractivity contribution in [2.24, 2.45) is 0 Å². The van der Waals surface area contributed by atoms with E-state index in [0.717, 1.165) is 20.6 Å². The summed E-state index contributed by atoms with van der Waals surface area (Å²) < 4.78 is 0.926. The fourth-order valence-corrected chi connectivity index (χ4v) is 4.67. The van der Waals surface area contributed by atoms with Crippen molar-refractivity contribution in [3.05, 3.63) is 62.2 Å². The number of aromatic nitrogens is 1. The number of nitrogens with one attached hydrogen (secondary N) is 1. The van der Waals surface area contributed by atoms with Gasteiger partial charge in [-0.25, -0.2) is 4.98 Å². The van der Waals surface area contributed by atoms with Crippen LogP contribution in [-0.4, -0.2) is 34.8 Å². The normalized spacial score (nSPS) is 17.2. The largest absolute Gasteiger partial charge is 0.352 e. The van der Waals surface area contributed by atoms with Crippen molar-refractivity contribution < 1.29 is 9.59 Å². The predicted octanol–water partition coefficient (Wildman–Crippen LogP) is 3.95. The molecule has 0 bridgehead atoms. The van der Waals surface area contributed by atoms with Crippen molar-refractivity contribution >= 4 is 50.4 Å². The van der Waals surface area contributed by atoms with Crippen molar-refractivity contribution in [3.63, 3.8) is 0 Å². The Hall–Kier alpha value is -2.03. The number of thiazole rings is 1. The standard InChI is InChI=1S/C18H14BrN3O2S2/c19-13-3-1-11(2-4-13)15-16(23)20-6-7-22(15)18(24)14-10-26-17(21-14)12-5-8-25-9-12/h1-5,8-10,15H,6-7H2,(H,20,23). The Morgan fingerprint density at radius 1 is 1.23 bits per heavy atom. The molecule has 3 heterocycles. The van der Waals surface area contributed by atoms with Gasteiger partial charge in [0.15, 0.2) is 0 Å². The summed E-state index contributed by atoms with van der Waals surface area (Å²) in [5, 5.41) is 9.42. The summed E-state index contributed by atoms with van der Waals surface area (Å²) in [6, 6.07) is 8.80. The zero-order chi connectivity index (χ0) is 18.1. The van der Waals surface area contributed by atoms with E-state index < -0.39 is 6.04 Å². The van der Waals surface area contributed by atoms with Gasteiger partial charge in [-0.3, -0.25) is 9.59 Å². The number of halogens is 1. The van der Waals surface area contributed by atoms with Gasteiger partial charge in [0.1, 0.15) is 16.7 Å². The number of nitrogens with zero attached hydrogens (tertiary/aromatic N) is 2. The van der Waals surface area contributed by atoms with Gasteiger partial charge < -0.3 is 10.2 Å². The first-order valence-electron chi connectivity index (χ1n) is 7.96. The highest BCUT2D eigenvalue weighted by atomic mass is 79.9. The minimum absolute atomic E-state index is 0.166. The number of piperazine rings is 1. The Kier molecular flexibility index (Phi) is 4.88. The van der Waals surface area contributed by atoms with E-state index in [1.165, 1.54) is 11.3 Å². The number of hydrogen-bond acceptors (Lipinski definition) is 5. The number of carbonyl (C=O) groups is 2. The summed E-state index contributed by atoms with van der Waals surface area (Å²) in [6.07, 6.45) is 0. The lowest BCUT2D eigenvalue weighted by atomic mass is 10.0. The average Bonchev–Trinajstić information content (AvgIpc) is 3.33. The van der Waals surface area contributed by atoms with E-state index in [4.69, 9.17) is 0 Å². The average molecular weight is 448 g/mol. The molecule has 4 rings (SSSR count). The molecule has 1 saturated heterocycles. The van der Waals surface area contributed by atoms with E-state index in [2.05, 4.69) is 26.2 Å². The molecule has 0 aliphatic carbocycles. The van der Waals surface area contributed by atoms with Crippen molar-refractivity contribution in [1.29, 1.82) is 0 Å². The number of amides is 2. The van der Waals surface area contributed by atoms with Crippen LogP contribution < -0.4 is 5.32 Å². The minimum atomic E-state index is -0.643. The third-order valence-electron chi connectivity index (χ3n) is 4.15. The van der Waals surface area contributed by atoms with E-state index in [-0.39, 0.29) is 11.8 Å². The molecule has 1 aromatic carbocycles. The maximum Gasteiger partial charge on any atom is 0.274 e. The molecule has 0 spiro atoms. The first kappa shape index (κ1) is 17.4. The van der Waals surface area contributed by atoms with Crippen LogP contribution in [0.25, 0.3) is 10.6 Å². The van der Waals surface area contributed by atoms with Gasteiger partial charge in [0.2, 0.25) is 5.91 Å². The molecule has 2 amide bonds. The van der Waals surface area contributed by atoms with Gasteiger partial charge in [0.25, 0.3) is 5.91 Å². The molecule has 1 fully saturated rings. The first-order chi connectivity index (χ1) is 12.6. The molecule has 5 nitrogen and oxygen atoms in total. The Labute approximate surface area is 166 Å². The lowest BCUT2D eigenvalue weighted by Crippen LogP contribution is -2.52. The van der Waals surface area contributed by atoms with Gasteiger partial charge in [-0.15, -0.1) is 11.3 Å².